The van der Waals surface area contributed by atoms with Crippen LogP contribution in [-0.4, -0.2) is 10.9 Å². The van der Waals surface area contributed by atoms with E-state index in [1.807, 2.05) is 12.3 Å². The zero-order valence-corrected chi connectivity index (χ0v) is 14.5. The first-order valence-electron chi connectivity index (χ1n) is 7.31. The molecule has 0 saturated heterocycles. The highest BCUT2D eigenvalue weighted by Crippen LogP contribution is 2.18. The number of rotatable bonds is 5. The number of carbonyl (C=O) groups is 1. The van der Waals surface area contributed by atoms with Crippen molar-refractivity contribution in [1.82, 2.24) is 4.98 Å². The molecule has 0 aliphatic rings. The number of nitrogens with one attached hydrogen (secondary N) is 1. The molecule has 1 aromatic heterocycles. The Morgan fingerprint density at radius 2 is 1.88 bits per heavy atom. The van der Waals surface area contributed by atoms with E-state index in [4.69, 9.17) is 16.3 Å². The van der Waals surface area contributed by atoms with Crippen molar-refractivity contribution in [3.05, 3.63) is 75.2 Å². The summed E-state index contributed by atoms with van der Waals surface area (Å²) in [5.41, 5.74) is 2.25. The van der Waals surface area contributed by atoms with E-state index < -0.39 is 0 Å². The van der Waals surface area contributed by atoms with Crippen LogP contribution in [0, 0.1) is 6.92 Å². The smallest absolute Gasteiger partial charge is 0.255 e. The Balaban J connectivity index is 1.59. The van der Waals surface area contributed by atoms with E-state index in [2.05, 4.69) is 10.3 Å². The first-order chi connectivity index (χ1) is 11.6. The van der Waals surface area contributed by atoms with Crippen LogP contribution >= 0.6 is 22.9 Å². The SMILES string of the molecule is Cc1csc(COc2ccc(C(=O)Nc3ccc(Cl)cc3)cc2)n1. The van der Waals surface area contributed by atoms with E-state index in [-0.39, 0.29) is 5.91 Å². The first kappa shape index (κ1) is 16.5. The Bertz CT molecular complexity index is 829. The molecule has 0 saturated carbocycles. The quantitative estimate of drug-likeness (QED) is 0.703. The molecule has 0 aliphatic heterocycles. The molecule has 0 spiro atoms. The average Bonchev–Trinajstić information content (AvgIpc) is 3.01. The molecule has 2 aromatic carbocycles. The highest BCUT2D eigenvalue weighted by atomic mass is 35.5. The van der Waals surface area contributed by atoms with Crippen LogP contribution in [0.3, 0.4) is 0 Å². The number of amides is 1. The summed E-state index contributed by atoms with van der Waals surface area (Å²) in [6, 6.07) is 14.0. The maximum absolute atomic E-state index is 12.2. The number of carbonyl (C=O) groups excluding carboxylic acids is 1. The van der Waals surface area contributed by atoms with Crippen LogP contribution in [0.25, 0.3) is 0 Å². The van der Waals surface area contributed by atoms with Crippen molar-refractivity contribution in [3.8, 4) is 5.75 Å². The number of nitrogens with zero attached hydrogens (tertiary/aromatic N) is 1. The fourth-order valence-corrected chi connectivity index (χ4v) is 2.86. The Hall–Kier alpha value is -2.37. The lowest BCUT2D eigenvalue weighted by Crippen LogP contribution is -2.11. The molecule has 1 N–H and O–H groups in total. The van der Waals surface area contributed by atoms with Gasteiger partial charge in [0.05, 0.1) is 0 Å². The molecule has 3 aromatic rings. The minimum absolute atomic E-state index is 0.181. The minimum atomic E-state index is -0.181. The number of aryl methyl sites for hydroxylation is 1. The third kappa shape index (κ3) is 4.34. The second kappa shape index (κ2) is 7.47. The molecule has 122 valence electrons. The molecular weight excluding hydrogens is 344 g/mol. The topological polar surface area (TPSA) is 51.2 Å². The van der Waals surface area contributed by atoms with Crippen LogP contribution in [0.2, 0.25) is 5.02 Å². The predicted molar refractivity (Wildman–Crippen MR) is 97.0 cm³/mol. The summed E-state index contributed by atoms with van der Waals surface area (Å²) in [6.45, 7) is 2.38. The lowest BCUT2D eigenvalue weighted by Gasteiger charge is -2.07. The van der Waals surface area contributed by atoms with Gasteiger partial charge in [0.2, 0.25) is 0 Å². The van der Waals surface area contributed by atoms with Crippen molar-refractivity contribution in [2.75, 3.05) is 5.32 Å². The molecule has 0 fully saturated rings. The van der Waals surface area contributed by atoms with Crippen molar-refractivity contribution >= 4 is 34.5 Å². The molecule has 0 aliphatic carbocycles. The third-order valence-corrected chi connectivity index (χ3v) is 4.44. The highest BCUT2D eigenvalue weighted by Gasteiger charge is 2.07. The summed E-state index contributed by atoms with van der Waals surface area (Å²) in [5, 5.41) is 6.37. The second-order valence-corrected chi connectivity index (χ2v) is 6.54. The summed E-state index contributed by atoms with van der Waals surface area (Å²) >= 11 is 7.40. The highest BCUT2D eigenvalue weighted by molar-refractivity contribution is 7.09. The zero-order chi connectivity index (χ0) is 16.9. The Morgan fingerprint density at radius 1 is 1.17 bits per heavy atom. The Labute approximate surface area is 149 Å². The van der Waals surface area contributed by atoms with Crippen molar-refractivity contribution in [2.45, 2.75) is 13.5 Å². The van der Waals surface area contributed by atoms with Gasteiger partial charge in [-0.05, 0) is 55.5 Å². The van der Waals surface area contributed by atoms with E-state index in [0.29, 0.717) is 28.6 Å². The molecule has 0 atom stereocenters. The Kier molecular flexibility index (Phi) is 5.13. The number of halogens is 1. The molecule has 1 amide bonds. The van der Waals surface area contributed by atoms with Crippen LogP contribution in [0.15, 0.2) is 53.9 Å². The average molecular weight is 359 g/mol. The summed E-state index contributed by atoms with van der Waals surface area (Å²) in [6.07, 6.45) is 0. The van der Waals surface area contributed by atoms with Gasteiger partial charge in [-0.3, -0.25) is 4.79 Å². The normalized spacial score (nSPS) is 10.4. The summed E-state index contributed by atoms with van der Waals surface area (Å²) in [5.74, 6) is 0.519. The molecule has 0 radical (unpaired) electrons. The van der Waals surface area contributed by atoms with Gasteiger partial charge in [-0.25, -0.2) is 4.98 Å². The molecule has 6 heteroatoms. The van der Waals surface area contributed by atoms with Crippen LogP contribution in [0.1, 0.15) is 21.1 Å². The number of thiazole rings is 1. The number of benzene rings is 2. The Morgan fingerprint density at radius 3 is 2.50 bits per heavy atom. The van der Waals surface area contributed by atoms with Gasteiger partial charge < -0.3 is 10.1 Å². The maximum atomic E-state index is 12.2. The summed E-state index contributed by atoms with van der Waals surface area (Å²) in [4.78, 5) is 16.5. The van der Waals surface area contributed by atoms with E-state index in [1.165, 1.54) is 0 Å². The fraction of sp³-hybridized carbons (Fsp3) is 0.111. The number of ether oxygens (including phenoxy) is 1. The minimum Gasteiger partial charge on any atom is -0.486 e. The number of hydrogen-bond acceptors (Lipinski definition) is 4. The van der Waals surface area contributed by atoms with Gasteiger partial charge in [0.1, 0.15) is 17.4 Å². The summed E-state index contributed by atoms with van der Waals surface area (Å²) in [7, 11) is 0. The van der Waals surface area contributed by atoms with Crippen LogP contribution < -0.4 is 10.1 Å². The third-order valence-electron chi connectivity index (χ3n) is 3.25. The number of anilines is 1. The van der Waals surface area contributed by atoms with Gasteiger partial charge in [0, 0.05) is 27.3 Å². The van der Waals surface area contributed by atoms with E-state index in [1.54, 1.807) is 59.9 Å². The molecular formula is C18H15ClN2O2S. The largest absolute Gasteiger partial charge is 0.486 e. The molecule has 0 unspecified atom stereocenters. The van der Waals surface area contributed by atoms with Crippen molar-refractivity contribution in [3.63, 3.8) is 0 Å². The van der Waals surface area contributed by atoms with Crippen molar-refractivity contribution < 1.29 is 9.53 Å². The van der Waals surface area contributed by atoms with Gasteiger partial charge in [-0.15, -0.1) is 11.3 Å². The van der Waals surface area contributed by atoms with Crippen LogP contribution in [0.4, 0.5) is 5.69 Å². The van der Waals surface area contributed by atoms with E-state index in [9.17, 15) is 4.79 Å². The van der Waals surface area contributed by atoms with E-state index >= 15 is 0 Å². The zero-order valence-electron chi connectivity index (χ0n) is 13.0. The van der Waals surface area contributed by atoms with E-state index in [0.717, 1.165) is 10.7 Å². The van der Waals surface area contributed by atoms with Gasteiger partial charge in [-0.1, -0.05) is 11.6 Å². The molecule has 3 rings (SSSR count). The van der Waals surface area contributed by atoms with Gasteiger partial charge >= 0.3 is 0 Å². The standard InChI is InChI=1S/C18H15ClN2O2S/c1-12-11-24-17(20-12)10-23-16-8-2-13(3-9-16)18(22)21-15-6-4-14(19)5-7-15/h2-9,11H,10H2,1H3,(H,21,22). The second-order valence-electron chi connectivity index (χ2n) is 5.16. The van der Waals surface area contributed by atoms with Crippen molar-refractivity contribution in [2.24, 2.45) is 0 Å². The van der Waals surface area contributed by atoms with Gasteiger partial charge in [0.15, 0.2) is 0 Å². The molecule has 4 nitrogen and oxygen atoms in total. The number of hydrogen-bond donors (Lipinski definition) is 1. The van der Waals surface area contributed by atoms with Crippen LogP contribution in [-0.2, 0) is 6.61 Å². The van der Waals surface area contributed by atoms with Gasteiger partial charge in [0.25, 0.3) is 5.91 Å². The van der Waals surface area contributed by atoms with Gasteiger partial charge in [-0.2, -0.15) is 0 Å². The molecule has 1 heterocycles. The maximum Gasteiger partial charge on any atom is 0.255 e. The van der Waals surface area contributed by atoms with Crippen molar-refractivity contribution in [1.29, 1.82) is 0 Å². The lowest BCUT2D eigenvalue weighted by atomic mass is 10.2. The van der Waals surface area contributed by atoms with Crippen LogP contribution in [0.5, 0.6) is 5.75 Å². The monoisotopic (exact) mass is 358 g/mol. The molecule has 24 heavy (non-hydrogen) atoms. The number of aromatic nitrogens is 1. The summed E-state index contributed by atoms with van der Waals surface area (Å²) < 4.78 is 5.67. The molecule has 0 bridgehead atoms. The fourth-order valence-electron chi connectivity index (χ4n) is 2.05. The predicted octanol–water partition coefficient (Wildman–Crippen LogP) is 4.94. The lowest BCUT2D eigenvalue weighted by molar-refractivity contribution is 0.102. The first-order valence-corrected chi connectivity index (χ1v) is 8.57.